The lowest BCUT2D eigenvalue weighted by Gasteiger charge is -2.16. The van der Waals surface area contributed by atoms with Crippen LogP contribution in [0.4, 0.5) is 0 Å². The maximum Gasteiger partial charge on any atom is 0.163 e. The zero-order chi connectivity index (χ0) is 10.3. The summed E-state index contributed by atoms with van der Waals surface area (Å²) in [4.78, 5) is 12.3. The third kappa shape index (κ3) is 1.31. The Kier molecular flexibility index (Phi) is 1.92. The van der Waals surface area contributed by atoms with Gasteiger partial charge in [-0.2, -0.15) is 0 Å². The summed E-state index contributed by atoms with van der Waals surface area (Å²) in [5.41, 5.74) is 1.60. The monoisotopic (exact) mass is 204 g/mol. The van der Waals surface area contributed by atoms with E-state index in [1.807, 2.05) is 4.57 Å². The van der Waals surface area contributed by atoms with Gasteiger partial charge >= 0.3 is 0 Å². The van der Waals surface area contributed by atoms with E-state index < -0.39 is 0 Å². The van der Waals surface area contributed by atoms with Gasteiger partial charge in [-0.05, 0) is 19.3 Å². The first-order chi connectivity index (χ1) is 7.36. The van der Waals surface area contributed by atoms with Gasteiger partial charge in [0.25, 0.3) is 0 Å². The Hall–Kier alpha value is -1.49. The molecule has 1 aliphatic carbocycles. The predicted molar refractivity (Wildman–Crippen MR) is 54.2 cm³/mol. The molecule has 1 fully saturated rings. The van der Waals surface area contributed by atoms with E-state index in [9.17, 15) is 5.11 Å². The van der Waals surface area contributed by atoms with Crippen LogP contribution in [0.1, 0.15) is 25.3 Å². The minimum Gasteiger partial charge on any atom is -0.391 e. The molecule has 1 saturated carbocycles. The minimum absolute atomic E-state index is 0.130. The highest BCUT2D eigenvalue weighted by atomic mass is 16.3. The summed E-state index contributed by atoms with van der Waals surface area (Å²) in [7, 11) is 0. The molecular formula is C10H12N4O. The number of aliphatic hydroxyl groups is 1. The molecule has 2 heterocycles. The van der Waals surface area contributed by atoms with E-state index in [1.165, 1.54) is 6.33 Å². The van der Waals surface area contributed by atoms with Crippen molar-refractivity contribution in [2.45, 2.75) is 31.4 Å². The highest BCUT2D eigenvalue weighted by Gasteiger charge is 2.27. The van der Waals surface area contributed by atoms with E-state index in [-0.39, 0.29) is 12.1 Å². The first-order valence-corrected chi connectivity index (χ1v) is 5.17. The number of hydrogen-bond acceptors (Lipinski definition) is 4. The summed E-state index contributed by atoms with van der Waals surface area (Å²) < 4.78 is 1.97. The molecular weight excluding hydrogens is 192 g/mol. The standard InChI is InChI=1S/C10H12N4O/c15-9-3-1-2-8(9)14-6-13-7-4-11-5-12-10(7)14/h4-6,8-9,15H,1-3H2/t8-,9+/m0/s1. The molecule has 0 amide bonds. The van der Waals surface area contributed by atoms with Crippen LogP contribution < -0.4 is 0 Å². The molecule has 2 aromatic rings. The summed E-state index contributed by atoms with van der Waals surface area (Å²) in [5.74, 6) is 0. The van der Waals surface area contributed by atoms with Gasteiger partial charge in [0.1, 0.15) is 11.8 Å². The van der Waals surface area contributed by atoms with Gasteiger partial charge in [-0.25, -0.2) is 15.0 Å². The Labute approximate surface area is 86.8 Å². The van der Waals surface area contributed by atoms with Crippen molar-refractivity contribution in [1.82, 2.24) is 19.5 Å². The molecule has 0 aromatic carbocycles. The van der Waals surface area contributed by atoms with Crippen LogP contribution in [0.5, 0.6) is 0 Å². The van der Waals surface area contributed by atoms with Gasteiger partial charge in [0, 0.05) is 0 Å². The lowest BCUT2D eigenvalue weighted by atomic mass is 10.2. The van der Waals surface area contributed by atoms with Gasteiger partial charge in [-0.3, -0.25) is 0 Å². The lowest BCUT2D eigenvalue weighted by molar-refractivity contribution is 0.138. The zero-order valence-corrected chi connectivity index (χ0v) is 8.24. The van der Waals surface area contributed by atoms with Crippen LogP contribution >= 0.6 is 0 Å². The first kappa shape index (κ1) is 8.79. The van der Waals surface area contributed by atoms with Gasteiger partial charge in [-0.1, -0.05) is 0 Å². The Bertz CT molecular complexity index is 481. The van der Waals surface area contributed by atoms with Gasteiger partial charge in [0.15, 0.2) is 5.65 Å². The third-order valence-electron chi connectivity index (χ3n) is 3.04. The number of nitrogens with zero attached hydrogens (tertiary/aromatic N) is 4. The van der Waals surface area contributed by atoms with E-state index in [1.54, 1.807) is 12.5 Å². The molecule has 3 rings (SSSR count). The molecule has 15 heavy (non-hydrogen) atoms. The molecule has 0 aliphatic heterocycles. The average molecular weight is 204 g/mol. The quantitative estimate of drug-likeness (QED) is 0.750. The van der Waals surface area contributed by atoms with Crippen LogP contribution in [0, 0.1) is 0 Å². The molecule has 1 N–H and O–H groups in total. The summed E-state index contributed by atoms with van der Waals surface area (Å²) >= 11 is 0. The molecule has 5 nitrogen and oxygen atoms in total. The van der Waals surface area contributed by atoms with E-state index in [4.69, 9.17) is 0 Å². The van der Waals surface area contributed by atoms with Crippen LogP contribution in [0.15, 0.2) is 18.9 Å². The fraction of sp³-hybridized carbons (Fsp3) is 0.500. The molecule has 0 unspecified atom stereocenters. The molecule has 0 bridgehead atoms. The largest absolute Gasteiger partial charge is 0.391 e. The van der Waals surface area contributed by atoms with Crippen molar-refractivity contribution in [2.75, 3.05) is 0 Å². The lowest BCUT2D eigenvalue weighted by Crippen LogP contribution is -2.17. The molecule has 78 valence electrons. The number of aromatic nitrogens is 4. The van der Waals surface area contributed by atoms with E-state index in [0.29, 0.717) is 0 Å². The maximum atomic E-state index is 9.83. The van der Waals surface area contributed by atoms with Crippen molar-refractivity contribution in [3.8, 4) is 0 Å². The highest BCUT2D eigenvalue weighted by Crippen LogP contribution is 2.31. The Morgan fingerprint density at radius 2 is 2.27 bits per heavy atom. The number of aliphatic hydroxyl groups excluding tert-OH is 1. The smallest absolute Gasteiger partial charge is 0.163 e. The molecule has 2 atom stereocenters. The van der Waals surface area contributed by atoms with Crippen LogP contribution in [0.2, 0.25) is 0 Å². The third-order valence-corrected chi connectivity index (χ3v) is 3.04. The van der Waals surface area contributed by atoms with E-state index >= 15 is 0 Å². The molecule has 1 aliphatic rings. The van der Waals surface area contributed by atoms with Crippen molar-refractivity contribution in [3.05, 3.63) is 18.9 Å². The van der Waals surface area contributed by atoms with Crippen LogP contribution in [0.3, 0.4) is 0 Å². The van der Waals surface area contributed by atoms with Crippen LogP contribution in [0.25, 0.3) is 11.2 Å². The number of fused-ring (bicyclic) bond motifs is 1. The second-order valence-electron chi connectivity index (χ2n) is 3.95. The van der Waals surface area contributed by atoms with Crippen molar-refractivity contribution in [2.24, 2.45) is 0 Å². The summed E-state index contributed by atoms with van der Waals surface area (Å²) in [5, 5.41) is 9.83. The molecule has 0 saturated heterocycles. The molecule has 0 spiro atoms. The van der Waals surface area contributed by atoms with E-state index in [0.717, 1.165) is 30.4 Å². The zero-order valence-electron chi connectivity index (χ0n) is 8.24. The molecule has 0 radical (unpaired) electrons. The Morgan fingerprint density at radius 3 is 3.07 bits per heavy atom. The first-order valence-electron chi connectivity index (χ1n) is 5.17. The van der Waals surface area contributed by atoms with Crippen molar-refractivity contribution in [3.63, 3.8) is 0 Å². The molecule has 2 aromatic heterocycles. The average Bonchev–Trinajstić information content (AvgIpc) is 2.83. The summed E-state index contributed by atoms with van der Waals surface area (Å²) in [6.45, 7) is 0. The number of rotatable bonds is 1. The van der Waals surface area contributed by atoms with Crippen molar-refractivity contribution in [1.29, 1.82) is 0 Å². The van der Waals surface area contributed by atoms with Gasteiger partial charge in [0.05, 0.1) is 24.7 Å². The Morgan fingerprint density at radius 1 is 1.33 bits per heavy atom. The molecule has 5 heteroatoms. The van der Waals surface area contributed by atoms with Crippen LogP contribution in [-0.4, -0.2) is 30.7 Å². The van der Waals surface area contributed by atoms with Crippen LogP contribution in [-0.2, 0) is 0 Å². The summed E-state index contributed by atoms with van der Waals surface area (Å²) in [6.07, 6.45) is 7.63. The minimum atomic E-state index is -0.266. The van der Waals surface area contributed by atoms with E-state index in [2.05, 4.69) is 15.0 Å². The fourth-order valence-corrected chi connectivity index (χ4v) is 2.27. The van der Waals surface area contributed by atoms with Crippen molar-refractivity contribution < 1.29 is 5.11 Å². The van der Waals surface area contributed by atoms with Gasteiger partial charge < -0.3 is 9.67 Å². The second-order valence-corrected chi connectivity index (χ2v) is 3.95. The Balaban J connectivity index is 2.10. The SMILES string of the molecule is O[C@@H]1CCC[C@@H]1n1cnc2cncnc21. The van der Waals surface area contributed by atoms with Gasteiger partial charge in [-0.15, -0.1) is 0 Å². The predicted octanol–water partition coefficient (Wildman–Crippen LogP) is 0.912. The van der Waals surface area contributed by atoms with Gasteiger partial charge in [0.2, 0.25) is 0 Å². The normalized spacial score (nSPS) is 26.2. The second kappa shape index (κ2) is 3.27. The topological polar surface area (TPSA) is 63.8 Å². The van der Waals surface area contributed by atoms with Crippen molar-refractivity contribution >= 4 is 11.2 Å². The number of hydrogen-bond donors (Lipinski definition) is 1. The maximum absolute atomic E-state index is 9.83. The summed E-state index contributed by atoms with van der Waals surface area (Å²) in [6, 6.07) is 0.130. The fourth-order valence-electron chi connectivity index (χ4n) is 2.27. The number of imidazole rings is 1. The highest BCUT2D eigenvalue weighted by molar-refractivity contribution is 5.69.